The topological polar surface area (TPSA) is 110 Å². The van der Waals surface area contributed by atoms with Gasteiger partial charge in [0.2, 0.25) is 11.6 Å². The van der Waals surface area contributed by atoms with Crippen molar-refractivity contribution in [2.45, 2.75) is 59.0 Å². The number of aryl methyl sites for hydroxylation is 1. The molecule has 2 atom stereocenters. The van der Waals surface area contributed by atoms with Gasteiger partial charge >= 0.3 is 5.97 Å². The smallest absolute Gasteiger partial charge is 0.342 e. The van der Waals surface area contributed by atoms with Gasteiger partial charge in [-0.1, -0.05) is 6.92 Å². The third kappa shape index (κ3) is 5.18. The molecule has 0 aromatic heterocycles. The van der Waals surface area contributed by atoms with Gasteiger partial charge in [0.15, 0.2) is 0 Å². The number of ketones is 3. The molecule has 0 radical (unpaired) electrons. The summed E-state index contributed by atoms with van der Waals surface area (Å²) in [5.41, 5.74) is 1.25. The van der Waals surface area contributed by atoms with E-state index in [0.29, 0.717) is 24.2 Å². The van der Waals surface area contributed by atoms with E-state index in [4.69, 9.17) is 4.74 Å². The number of benzene rings is 1. The second kappa shape index (κ2) is 9.48. The Morgan fingerprint density at radius 1 is 1.07 bits per heavy atom. The monoisotopic (exact) mass is 389 g/mol. The van der Waals surface area contributed by atoms with E-state index in [1.54, 1.807) is 19.9 Å². The minimum absolute atomic E-state index is 0.0541. The number of carbonyl (C=O) groups is 4. The molecule has 1 aliphatic heterocycles. The van der Waals surface area contributed by atoms with Gasteiger partial charge < -0.3 is 15.2 Å². The number of carbonyl (C=O) groups excluding carboxylic acids is 4. The van der Waals surface area contributed by atoms with Crippen molar-refractivity contribution in [3.63, 3.8) is 0 Å². The van der Waals surface area contributed by atoms with Crippen LogP contribution in [0.15, 0.2) is 12.1 Å². The Kier molecular flexibility index (Phi) is 7.31. The quantitative estimate of drug-likeness (QED) is 0.591. The lowest BCUT2D eigenvalue weighted by Crippen LogP contribution is -2.27. The number of aromatic hydroxyl groups is 1. The molecule has 2 rings (SSSR count). The molecule has 2 N–H and O–H groups in total. The maximum absolute atomic E-state index is 12.7. The average molecular weight is 389 g/mol. The van der Waals surface area contributed by atoms with Gasteiger partial charge in [0.25, 0.3) is 5.78 Å². The number of nitrogens with one attached hydrogen (secondary N) is 1. The van der Waals surface area contributed by atoms with Crippen LogP contribution in [-0.4, -0.2) is 41.1 Å². The number of phenolic OH excluding ortho intramolecular Hbond substituents is 1. The van der Waals surface area contributed by atoms with E-state index in [2.05, 4.69) is 5.32 Å². The molecule has 0 saturated carbocycles. The van der Waals surface area contributed by atoms with Crippen LogP contribution in [0, 0.1) is 5.92 Å². The van der Waals surface area contributed by atoms with Crippen molar-refractivity contribution in [2.24, 2.45) is 5.92 Å². The van der Waals surface area contributed by atoms with Gasteiger partial charge in [-0.25, -0.2) is 4.79 Å². The lowest BCUT2D eigenvalue weighted by Gasteiger charge is -2.22. The molecule has 0 bridgehead atoms. The summed E-state index contributed by atoms with van der Waals surface area (Å²) in [7, 11) is 0. The molecular formula is C21H27NO6. The second-order valence-corrected chi connectivity index (χ2v) is 7.22. The highest BCUT2D eigenvalue weighted by Gasteiger charge is 2.27. The van der Waals surface area contributed by atoms with E-state index in [1.807, 2.05) is 6.92 Å². The first-order valence-electron chi connectivity index (χ1n) is 9.65. The maximum atomic E-state index is 12.7. The zero-order chi connectivity index (χ0) is 20.8. The zero-order valence-corrected chi connectivity index (χ0v) is 16.5. The first kappa shape index (κ1) is 21.6. The number of hydrogen-bond acceptors (Lipinski definition) is 7. The van der Waals surface area contributed by atoms with Gasteiger partial charge in [0, 0.05) is 31.1 Å². The summed E-state index contributed by atoms with van der Waals surface area (Å²) < 4.78 is 5.52. The van der Waals surface area contributed by atoms with Crippen LogP contribution in [0.5, 0.6) is 5.75 Å². The van der Waals surface area contributed by atoms with Crippen LogP contribution in [-0.2, 0) is 25.5 Å². The Balaban J connectivity index is 2.40. The van der Waals surface area contributed by atoms with Crippen molar-refractivity contribution in [2.75, 3.05) is 11.9 Å². The second-order valence-electron chi connectivity index (χ2n) is 7.22. The Bertz CT molecular complexity index is 785. The van der Waals surface area contributed by atoms with Crippen molar-refractivity contribution in [1.82, 2.24) is 0 Å². The van der Waals surface area contributed by atoms with Crippen molar-refractivity contribution in [1.29, 1.82) is 0 Å². The van der Waals surface area contributed by atoms with Crippen LogP contribution in [0.3, 0.4) is 0 Å². The van der Waals surface area contributed by atoms with Crippen LogP contribution in [0.4, 0.5) is 5.69 Å². The highest BCUT2D eigenvalue weighted by atomic mass is 16.5. The molecule has 1 aromatic rings. The minimum Gasteiger partial charge on any atom is -0.507 e. The van der Waals surface area contributed by atoms with Gasteiger partial charge in [-0.2, -0.15) is 0 Å². The largest absolute Gasteiger partial charge is 0.507 e. The molecule has 1 aliphatic rings. The van der Waals surface area contributed by atoms with E-state index < -0.39 is 29.4 Å². The van der Waals surface area contributed by atoms with Crippen LogP contribution in [0.1, 0.15) is 62.4 Å². The number of hydrogen-bond donors (Lipinski definition) is 2. The first-order valence-corrected chi connectivity index (χ1v) is 9.65. The molecule has 152 valence electrons. The molecule has 1 heterocycles. The minimum atomic E-state index is -0.960. The summed E-state index contributed by atoms with van der Waals surface area (Å²) >= 11 is 0. The molecule has 7 heteroatoms. The summed E-state index contributed by atoms with van der Waals surface area (Å²) in [5.74, 6) is -3.38. The normalized spacial score (nSPS) is 22.2. The summed E-state index contributed by atoms with van der Waals surface area (Å²) in [6.45, 7) is 6.04. The van der Waals surface area contributed by atoms with E-state index in [1.165, 1.54) is 6.07 Å². The highest BCUT2D eigenvalue weighted by Crippen LogP contribution is 2.30. The molecule has 0 fully saturated rings. The molecule has 0 aliphatic carbocycles. The van der Waals surface area contributed by atoms with Crippen molar-refractivity contribution in [3.05, 3.63) is 23.3 Å². The molecular weight excluding hydrogens is 362 g/mol. The number of ether oxygens (including phenoxy) is 1. The lowest BCUT2D eigenvalue weighted by molar-refractivity contribution is -0.144. The van der Waals surface area contributed by atoms with E-state index in [-0.39, 0.29) is 42.9 Å². The Morgan fingerprint density at radius 3 is 2.43 bits per heavy atom. The van der Waals surface area contributed by atoms with Gasteiger partial charge in [-0.15, -0.1) is 0 Å². The predicted molar refractivity (Wildman–Crippen MR) is 104 cm³/mol. The predicted octanol–water partition coefficient (Wildman–Crippen LogP) is 2.83. The standard InChI is InChI=1S/C21H27NO6/c1-4-22-15-10-14-6-5-7-16(23)20(26)17(24)9-8-12(2)13(3)28-21(27)19(14)18(25)11-15/h10-13,22,25H,4-9H2,1-3H3. The van der Waals surface area contributed by atoms with Gasteiger partial charge in [0.05, 0.1) is 0 Å². The number of rotatable bonds is 2. The molecule has 2 unspecified atom stereocenters. The lowest BCUT2D eigenvalue weighted by atomic mass is 9.94. The fourth-order valence-electron chi connectivity index (χ4n) is 3.18. The molecule has 1 aromatic carbocycles. The van der Waals surface area contributed by atoms with E-state index in [9.17, 15) is 24.3 Å². The van der Waals surface area contributed by atoms with Crippen LogP contribution >= 0.6 is 0 Å². The van der Waals surface area contributed by atoms with Gasteiger partial charge in [-0.05, 0) is 50.7 Å². The van der Waals surface area contributed by atoms with Crippen LogP contribution in [0.25, 0.3) is 0 Å². The van der Waals surface area contributed by atoms with E-state index in [0.717, 1.165) is 0 Å². The molecule has 0 amide bonds. The summed E-state index contributed by atoms with van der Waals surface area (Å²) in [4.78, 5) is 48.7. The molecule has 0 saturated heterocycles. The molecule has 28 heavy (non-hydrogen) atoms. The number of phenols is 1. The molecule has 0 spiro atoms. The average Bonchev–Trinajstić information content (AvgIpc) is 2.64. The number of cyclic esters (lactones) is 1. The van der Waals surface area contributed by atoms with Gasteiger partial charge in [-0.3, -0.25) is 14.4 Å². The Hall–Kier alpha value is -2.70. The third-order valence-electron chi connectivity index (χ3n) is 5.06. The summed E-state index contributed by atoms with van der Waals surface area (Å²) in [6.07, 6.45) is 0.228. The first-order chi connectivity index (χ1) is 13.2. The summed E-state index contributed by atoms with van der Waals surface area (Å²) in [6, 6.07) is 3.20. The summed E-state index contributed by atoms with van der Waals surface area (Å²) in [5, 5.41) is 13.5. The van der Waals surface area contributed by atoms with Crippen molar-refractivity contribution < 1.29 is 29.0 Å². The van der Waals surface area contributed by atoms with E-state index >= 15 is 0 Å². The third-order valence-corrected chi connectivity index (χ3v) is 5.06. The maximum Gasteiger partial charge on any atom is 0.342 e. The van der Waals surface area contributed by atoms with Gasteiger partial charge in [0.1, 0.15) is 17.4 Å². The number of fused-ring (bicyclic) bond motifs is 1. The molecule has 7 nitrogen and oxygen atoms in total. The Morgan fingerprint density at radius 2 is 1.75 bits per heavy atom. The van der Waals surface area contributed by atoms with Crippen molar-refractivity contribution >= 4 is 29.0 Å². The van der Waals surface area contributed by atoms with Crippen molar-refractivity contribution in [3.8, 4) is 5.75 Å². The number of esters is 1. The number of anilines is 1. The number of Topliss-reactive ketones (excluding diaryl/α,β-unsaturated/α-hetero) is 3. The zero-order valence-electron chi connectivity index (χ0n) is 16.5. The fraction of sp³-hybridized carbons (Fsp3) is 0.524. The Labute approximate surface area is 164 Å². The SMILES string of the molecule is CCNc1cc(O)c2c(c1)CCCC(=O)C(=O)C(=O)CCC(C)C(C)OC2=O. The van der Waals surface area contributed by atoms with Crippen LogP contribution < -0.4 is 5.32 Å². The highest BCUT2D eigenvalue weighted by molar-refractivity contribution is 6.63. The van der Waals surface area contributed by atoms with Crippen LogP contribution in [0.2, 0.25) is 0 Å². The fourth-order valence-corrected chi connectivity index (χ4v) is 3.18.